The van der Waals surface area contributed by atoms with Crippen LogP contribution in [-0.4, -0.2) is 65.9 Å². The molecule has 4 heterocycles. The van der Waals surface area contributed by atoms with E-state index in [0.29, 0.717) is 59.4 Å². The Morgan fingerprint density at radius 1 is 0.978 bits per heavy atom. The number of amides is 1. The maximum atomic E-state index is 13.6. The lowest BCUT2D eigenvalue weighted by Crippen LogP contribution is -2.52. The van der Waals surface area contributed by atoms with Crippen molar-refractivity contribution in [3.8, 4) is 22.6 Å². The number of ether oxygens (including phenoxy) is 1. The summed E-state index contributed by atoms with van der Waals surface area (Å²) in [7, 11) is 0. The van der Waals surface area contributed by atoms with E-state index in [0.717, 1.165) is 11.1 Å². The Morgan fingerprint density at radius 3 is 2.40 bits per heavy atom. The molecule has 0 radical (unpaired) electrons. The van der Waals surface area contributed by atoms with Crippen LogP contribution in [-0.2, 0) is 0 Å². The molecule has 2 aromatic heterocycles. The highest BCUT2D eigenvalue weighted by molar-refractivity contribution is 6.34. The lowest BCUT2D eigenvalue weighted by molar-refractivity contribution is -0.00571. The summed E-state index contributed by atoms with van der Waals surface area (Å²) in [6.45, 7) is 5.04. The fraction of sp³-hybridized carbons (Fsp3) is 0.265. The number of carboxylic acid groups (broad SMARTS) is 1. The van der Waals surface area contributed by atoms with Gasteiger partial charge in [-0.05, 0) is 74.0 Å². The molecule has 0 atom stereocenters. The van der Waals surface area contributed by atoms with Crippen LogP contribution in [0.15, 0.2) is 73.1 Å². The van der Waals surface area contributed by atoms with Crippen molar-refractivity contribution < 1.29 is 24.2 Å². The monoisotopic (exact) mass is 623 g/mol. The number of carboxylic acids is 1. The normalized spacial score (nSPS) is 15.8. The van der Waals surface area contributed by atoms with Crippen molar-refractivity contribution in [2.45, 2.75) is 44.8 Å². The first-order valence-corrected chi connectivity index (χ1v) is 15.2. The molecule has 0 unspecified atom stereocenters. The van der Waals surface area contributed by atoms with Crippen LogP contribution >= 0.6 is 11.6 Å². The number of rotatable bonds is 5. The number of likely N-dealkylation sites (tertiary alicyclic amines) is 1. The molecule has 45 heavy (non-hydrogen) atoms. The number of carbonyl (C=O) groups is 3. The van der Waals surface area contributed by atoms with Crippen LogP contribution in [0.2, 0.25) is 5.15 Å². The molecule has 1 amide bonds. The molecule has 7 rings (SSSR count). The number of aromatic carboxylic acids is 1. The number of nitrogens with zero attached hydrogens (tertiary/aromatic N) is 5. The van der Waals surface area contributed by atoms with E-state index in [1.807, 2.05) is 35.3 Å². The van der Waals surface area contributed by atoms with Gasteiger partial charge in [0.2, 0.25) is 0 Å². The van der Waals surface area contributed by atoms with Crippen LogP contribution in [0.3, 0.4) is 0 Å². The van der Waals surface area contributed by atoms with Crippen molar-refractivity contribution in [1.82, 2.24) is 24.5 Å². The second-order valence-electron chi connectivity index (χ2n) is 12.0. The molecule has 10 nitrogen and oxygen atoms in total. The number of Topliss-reactive ketones (excluding diaryl/α,β-unsaturated/α-hetero) is 1. The Kier molecular flexibility index (Phi) is 6.96. The van der Waals surface area contributed by atoms with Crippen molar-refractivity contribution in [1.29, 1.82) is 0 Å². The van der Waals surface area contributed by atoms with Gasteiger partial charge in [-0.15, -0.1) is 0 Å². The zero-order chi connectivity index (χ0) is 31.5. The summed E-state index contributed by atoms with van der Waals surface area (Å²) in [4.78, 5) is 39.9. The van der Waals surface area contributed by atoms with Crippen molar-refractivity contribution in [2.24, 2.45) is 0 Å². The number of fused-ring (bicyclic) bond motifs is 2. The van der Waals surface area contributed by atoms with Gasteiger partial charge in [-0.25, -0.2) is 9.48 Å². The Bertz CT molecular complexity index is 1990. The van der Waals surface area contributed by atoms with Gasteiger partial charge < -0.3 is 14.7 Å². The number of aromatic nitrogens is 4. The van der Waals surface area contributed by atoms with Crippen LogP contribution in [0.4, 0.5) is 0 Å². The third-order valence-electron chi connectivity index (χ3n) is 8.76. The molecular formula is C34H30ClN5O5. The summed E-state index contributed by atoms with van der Waals surface area (Å²) in [6.07, 6.45) is 5.14. The predicted octanol–water partition coefficient (Wildman–Crippen LogP) is 6.46. The Morgan fingerprint density at radius 2 is 1.71 bits per heavy atom. The fourth-order valence-corrected chi connectivity index (χ4v) is 6.41. The number of ketones is 1. The lowest BCUT2D eigenvalue weighted by atomic mass is 9.82. The number of hydrogen-bond acceptors (Lipinski definition) is 6. The highest BCUT2D eigenvalue weighted by Crippen LogP contribution is 2.41. The van der Waals surface area contributed by atoms with Crippen LogP contribution in [0.25, 0.3) is 27.7 Å². The first-order valence-electron chi connectivity index (χ1n) is 14.8. The standard InChI is InChI=1S/C34H30ClN5O5/c1-20(2)39-19-24(18-36-39)22-6-10-30-27(15-22)29(41)17-34(45-30)11-13-38(14-12-34)32(42)23-5-9-28-26(16-23)31(35)37-40(28)25-7-3-21(4-8-25)33(43)44/h3-10,15-16,18-20H,11-14,17H2,1-2H3,(H,43,44). The molecule has 0 bridgehead atoms. The molecular weight excluding hydrogens is 594 g/mol. The Balaban J connectivity index is 1.05. The van der Waals surface area contributed by atoms with Crippen molar-refractivity contribution in [3.05, 3.63) is 94.9 Å². The minimum Gasteiger partial charge on any atom is -0.486 e. The molecule has 0 saturated carbocycles. The molecule has 1 fully saturated rings. The van der Waals surface area contributed by atoms with Gasteiger partial charge in [0.25, 0.3) is 5.91 Å². The van der Waals surface area contributed by atoms with Gasteiger partial charge in [0.15, 0.2) is 10.9 Å². The molecule has 3 aromatic carbocycles. The van der Waals surface area contributed by atoms with Crippen LogP contribution < -0.4 is 4.74 Å². The topological polar surface area (TPSA) is 120 Å². The Hall–Kier alpha value is -4.96. The molecule has 1 spiro atoms. The molecule has 1 N–H and O–H groups in total. The summed E-state index contributed by atoms with van der Waals surface area (Å²) < 4.78 is 10.0. The van der Waals surface area contributed by atoms with E-state index in [1.165, 1.54) is 12.1 Å². The maximum Gasteiger partial charge on any atom is 0.335 e. The molecule has 2 aliphatic rings. The summed E-state index contributed by atoms with van der Waals surface area (Å²) in [6, 6.07) is 17.6. The second kappa shape index (κ2) is 10.9. The largest absolute Gasteiger partial charge is 0.486 e. The van der Waals surface area contributed by atoms with E-state index in [-0.39, 0.29) is 34.9 Å². The first kappa shape index (κ1) is 28.8. The summed E-state index contributed by atoms with van der Waals surface area (Å²) in [5, 5.41) is 18.9. The van der Waals surface area contributed by atoms with Crippen LogP contribution in [0, 0.1) is 0 Å². The van der Waals surface area contributed by atoms with Gasteiger partial charge in [0, 0.05) is 54.7 Å². The third kappa shape index (κ3) is 5.14. The van der Waals surface area contributed by atoms with Crippen LogP contribution in [0.5, 0.6) is 5.75 Å². The molecule has 1 saturated heterocycles. The number of piperidine rings is 1. The SMILES string of the molecule is CC(C)n1cc(-c2ccc3c(c2)C(=O)CC2(CCN(C(=O)c4ccc5c(c4)c(Cl)nn5-c4ccc(C(=O)O)cc4)CC2)O3)cn1. The van der Waals surface area contributed by atoms with Gasteiger partial charge in [-0.2, -0.15) is 10.2 Å². The molecule has 0 aliphatic carbocycles. The second-order valence-corrected chi connectivity index (χ2v) is 12.3. The number of hydrogen-bond donors (Lipinski definition) is 1. The minimum absolute atomic E-state index is 0.0452. The highest BCUT2D eigenvalue weighted by Gasteiger charge is 2.44. The van der Waals surface area contributed by atoms with Crippen molar-refractivity contribution in [2.75, 3.05) is 13.1 Å². The van der Waals surface area contributed by atoms with E-state index in [4.69, 9.17) is 16.3 Å². The molecule has 5 aromatic rings. The average molecular weight is 624 g/mol. The zero-order valence-electron chi connectivity index (χ0n) is 24.7. The molecule has 11 heteroatoms. The molecule has 228 valence electrons. The summed E-state index contributed by atoms with van der Waals surface area (Å²) >= 11 is 6.48. The highest BCUT2D eigenvalue weighted by atomic mass is 35.5. The van der Waals surface area contributed by atoms with E-state index in [2.05, 4.69) is 24.0 Å². The van der Waals surface area contributed by atoms with Gasteiger partial charge in [0.05, 0.1) is 34.9 Å². The number of carbonyl (C=O) groups excluding carboxylic acids is 2. The van der Waals surface area contributed by atoms with E-state index >= 15 is 0 Å². The van der Waals surface area contributed by atoms with E-state index in [1.54, 1.807) is 39.9 Å². The number of halogens is 1. The van der Waals surface area contributed by atoms with Gasteiger partial charge in [-0.1, -0.05) is 17.7 Å². The lowest BCUT2D eigenvalue weighted by Gasteiger charge is -2.44. The van der Waals surface area contributed by atoms with Gasteiger partial charge >= 0.3 is 5.97 Å². The summed E-state index contributed by atoms with van der Waals surface area (Å²) in [5.41, 5.74) is 3.82. The quantitative estimate of drug-likeness (QED) is 0.238. The summed E-state index contributed by atoms with van der Waals surface area (Å²) in [5.74, 6) is -0.510. The predicted molar refractivity (Wildman–Crippen MR) is 169 cm³/mol. The van der Waals surface area contributed by atoms with Crippen LogP contribution in [0.1, 0.15) is 70.2 Å². The van der Waals surface area contributed by atoms with E-state index in [9.17, 15) is 19.5 Å². The fourth-order valence-electron chi connectivity index (χ4n) is 6.18. The van der Waals surface area contributed by atoms with E-state index < -0.39 is 11.6 Å². The minimum atomic E-state index is -1.01. The van der Waals surface area contributed by atoms with Crippen molar-refractivity contribution >= 4 is 40.2 Å². The maximum absolute atomic E-state index is 13.6. The van der Waals surface area contributed by atoms with Gasteiger partial charge in [0.1, 0.15) is 11.4 Å². The Labute approximate surface area is 263 Å². The first-order chi connectivity index (χ1) is 21.6. The van der Waals surface area contributed by atoms with Gasteiger partial charge in [-0.3, -0.25) is 14.3 Å². The third-order valence-corrected chi connectivity index (χ3v) is 9.03. The van der Waals surface area contributed by atoms with Crippen molar-refractivity contribution in [3.63, 3.8) is 0 Å². The zero-order valence-corrected chi connectivity index (χ0v) is 25.5. The molecule has 2 aliphatic heterocycles. The average Bonchev–Trinajstić information content (AvgIpc) is 3.66. The number of benzene rings is 3. The smallest absolute Gasteiger partial charge is 0.335 e.